The van der Waals surface area contributed by atoms with E-state index >= 15 is 0 Å². The smallest absolute Gasteiger partial charge is 0.303 e. The number of rotatable bonds is 8. The molecular weight excluding hydrogens is 378 g/mol. The van der Waals surface area contributed by atoms with E-state index in [4.69, 9.17) is 16.7 Å². The molecule has 0 heterocycles. The quantitative estimate of drug-likeness (QED) is 0.682. The van der Waals surface area contributed by atoms with Gasteiger partial charge in [-0.2, -0.15) is 0 Å². The summed E-state index contributed by atoms with van der Waals surface area (Å²) >= 11 is 9.46. The van der Waals surface area contributed by atoms with Crippen molar-refractivity contribution in [3.63, 3.8) is 0 Å². The highest BCUT2D eigenvalue weighted by atomic mass is 79.9. The third kappa shape index (κ3) is 6.34. The number of hydrogen-bond donors (Lipinski definition) is 2. The van der Waals surface area contributed by atoms with Gasteiger partial charge in [0.25, 0.3) is 0 Å². The molecular formula is C18H19BrClNO2. The molecule has 0 aromatic heterocycles. The zero-order chi connectivity index (χ0) is 16.7. The Kier molecular flexibility index (Phi) is 7.09. The summed E-state index contributed by atoms with van der Waals surface area (Å²) in [7, 11) is 0. The number of hydrogen-bond acceptors (Lipinski definition) is 2. The number of carbonyl (C=O) groups is 1. The standard InChI is InChI=1S/C18H19BrClNO2/c19-17-11-15(20)7-6-14(17)12-21-16(8-9-18(22)23)10-13-4-2-1-3-5-13/h1-7,11,16,21H,8-10,12H2,(H,22,23). The molecule has 0 aliphatic rings. The van der Waals surface area contributed by atoms with Crippen LogP contribution in [-0.2, 0) is 17.8 Å². The summed E-state index contributed by atoms with van der Waals surface area (Å²) in [6, 6.07) is 15.9. The molecule has 0 fully saturated rings. The number of nitrogens with one attached hydrogen (secondary N) is 1. The molecule has 2 N–H and O–H groups in total. The second kappa shape index (κ2) is 9.06. The Hall–Kier alpha value is -1.36. The average Bonchev–Trinajstić information content (AvgIpc) is 2.52. The van der Waals surface area contributed by atoms with E-state index in [-0.39, 0.29) is 12.5 Å². The normalized spacial score (nSPS) is 12.1. The van der Waals surface area contributed by atoms with E-state index in [1.807, 2.05) is 36.4 Å². The fraction of sp³-hybridized carbons (Fsp3) is 0.278. The lowest BCUT2D eigenvalue weighted by Crippen LogP contribution is -2.31. The van der Waals surface area contributed by atoms with Crippen LogP contribution in [0.4, 0.5) is 0 Å². The van der Waals surface area contributed by atoms with Crippen molar-refractivity contribution < 1.29 is 9.90 Å². The molecule has 5 heteroatoms. The summed E-state index contributed by atoms with van der Waals surface area (Å²) in [5, 5.41) is 13.1. The van der Waals surface area contributed by atoms with Crippen molar-refractivity contribution >= 4 is 33.5 Å². The van der Waals surface area contributed by atoms with Gasteiger partial charge in [-0.05, 0) is 36.1 Å². The highest BCUT2D eigenvalue weighted by Gasteiger charge is 2.12. The van der Waals surface area contributed by atoms with E-state index in [0.717, 1.165) is 16.5 Å². The van der Waals surface area contributed by atoms with Crippen LogP contribution in [0.25, 0.3) is 0 Å². The van der Waals surface area contributed by atoms with Gasteiger partial charge in [-0.1, -0.05) is 63.9 Å². The molecule has 3 nitrogen and oxygen atoms in total. The van der Waals surface area contributed by atoms with Crippen LogP contribution in [-0.4, -0.2) is 17.1 Å². The summed E-state index contributed by atoms with van der Waals surface area (Å²) in [5.41, 5.74) is 2.30. The Morgan fingerprint density at radius 3 is 2.61 bits per heavy atom. The third-order valence-corrected chi connectivity index (χ3v) is 4.60. The van der Waals surface area contributed by atoms with Crippen LogP contribution >= 0.6 is 27.5 Å². The lowest BCUT2D eigenvalue weighted by atomic mass is 10.0. The van der Waals surface area contributed by atoms with Crippen molar-refractivity contribution in [1.29, 1.82) is 0 Å². The zero-order valence-corrected chi connectivity index (χ0v) is 15.0. The van der Waals surface area contributed by atoms with Gasteiger partial charge in [0.05, 0.1) is 0 Å². The SMILES string of the molecule is O=C(O)CCC(Cc1ccccc1)NCc1ccc(Cl)cc1Br. The van der Waals surface area contributed by atoms with Crippen molar-refractivity contribution in [2.24, 2.45) is 0 Å². The fourth-order valence-electron chi connectivity index (χ4n) is 2.39. The molecule has 0 bridgehead atoms. The van der Waals surface area contributed by atoms with Gasteiger partial charge >= 0.3 is 5.97 Å². The third-order valence-electron chi connectivity index (χ3n) is 3.63. The number of carboxylic acids is 1. The van der Waals surface area contributed by atoms with Crippen molar-refractivity contribution in [2.45, 2.75) is 31.8 Å². The predicted octanol–water partition coefficient (Wildman–Crippen LogP) is 4.67. The van der Waals surface area contributed by atoms with Crippen LogP contribution in [0.1, 0.15) is 24.0 Å². The van der Waals surface area contributed by atoms with Gasteiger partial charge in [-0.15, -0.1) is 0 Å². The first kappa shape index (κ1) is 18.0. The van der Waals surface area contributed by atoms with Crippen molar-refractivity contribution in [2.75, 3.05) is 0 Å². The molecule has 0 spiro atoms. The van der Waals surface area contributed by atoms with Crippen LogP contribution in [0, 0.1) is 0 Å². The van der Waals surface area contributed by atoms with E-state index in [0.29, 0.717) is 18.0 Å². The van der Waals surface area contributed by atoms with Crippen LogP contribution in [0.5, 0.6) is 0 Å². The maximum absolute atomic E-state index is 10.9. The van der Waals surface area contributed by atoms with E-state index in [1.165, 1.54) is 5.56 Å². The Bertz CT molecular complexity index is 649. The zero-order valence-electron chi connectivity index (χ0n) is 12.6. The molecule has 2 aromatic carbocycles. The first-order valence-corrected chi connectivity index (χ1v) is 8.64. The van der Waals surface area contributed by atoms with Gasteiger partial charge in [-0.25, -0.2) is 0 Å². The van der Waals surface area contributed by atoms with Crippen LogP contribution in [0.3, 0.4) is 0 Å². The summed E-state index contributed by atoms with van der Waals surface area (Å²) in [6.07, 6.45) is 1.56. The Morgan fingerprint density at radius 2 is 1.96 bits per heavy atom. The lowest BCUT2D eigenvalue weighted by molar-refractivity contribution is -0.137. The lowest BCUT2D eigenvalue weighted by Gasteiger charge is -2.19. The summed E-state index contributed by atoms with van der Waals surface area (Å²) < 4.78 is 0.953. The number of carboxylic acid groups (broad SMARTS) is 1. The van der Waals surface area contributed by atoms with Gasteiger partial charge in [0, 0.05) is 28.5 Å². The minimum atomic E-state index is -0.766. The molecule has 0 radical (unpaired) electrons. The largest absolute Gasteiger partial charge is 0.481 e. The highest BCUT2D eigenvalue weighted by Crippen LogP contribution is 2.21. The van der Waals surface area contributed by atoms with Gasteiger partial charge in [0.15, 0.2) is 0 Å². The van der Waals surface area contributed by atoms with Crippen LogP contribution in [0.15, 0.2) is 53.0 Å². The first-order chi connectivity index (χ1) is 11.0. The average molecular weight is 397 g/mol. The molecule has 23 heavy (non-hydrogen) atoms. The monoisotopic (exact) mass is 395 g/mol. The number of aliphatic carboxylic acids is 1. The van der Waals surface area contributed by atoms with Crippen molar-refractivity contribution in [3.8, 4) is 0 Å². The van der Waals surface area contributed by atoms with E-state index < -0.39 is 5.97 Å². The van der Waals surface area contributed by atoms with Gasteiger partial charge in [-0.3, -0.25) is 4.79 Å². The minimum Gasteiger partial charge on any atom is -0.481 e. The maximum Gasteiger partial charge on any atom is 0.303 e. The molecule has 1 unspecified atom stereocenters. The Morgan fingerprint density at radius 1 is 1.22 bits per heavy atom. The summed E-state index contributed by atoms with van der Waals surface area (Å²) in [6.45, 7) is 0.662. The summed E-state index contributed by atoms with van der Waals surface area (Å²) in [5.74, 6) is -0.766. The fourth-order valence-corrected chi connectivity index (χ4v) is 3.21. The molecule has 0 aliphatic carbocycles. The van der Waals surface area contributed by atoms with Gasteiger partial charge in [0.2, 0.25) is 0 Å². The van der Waals surface area contributed by atoms with E-state index in [2.05, 4.69) is 33.4 Å². The maximum atomic E-state index is 10.9. The predicted molar refractivity (Wildman–Crippen MR) is 96.8 cm³/mol. The molecule has 0 aliphatic heterocycles. The Labute approximate surface area is 149 Å². The van der Waals surface area contributed by atoms with Crippen molar-refractivity contribution in [1.82, 2.24) is 5.32 Å². The van der Waals surface area contributed by atoms with Gasteiger partial charge < -0.3 is 10.4 Å². The molecule has 122 valence electrons. The second-order valence-electron chi connectivity index (χ2n) is 5.44. The molecule has 1 atom stereocenters. The molecule has 2 rings (SSSR count). The van der Waals surface area contributed by atoms with Crippen LogP contribution < -0.4 is 5.32 Å². The second-order valence-corrected chi connectivity index (χ2v) is 6.73. The molecule has 0 saturated carbocycles. The van der Waals surface area contributed by atoms with Crippen molar-refractivity contribution in [3.05, 3.63) is 69.2 Å². The first-order valence-electron chi connectivity index (χ1n) is 7.47. The molecule has 0 amide bonds. The Balaban J connectivity index is 2.00. The summed E-state index contributed by atoms with van der Waals surface area (Å²) in [4.78, 5) is 10.9. The van der Waals surface area contributed by atoms with Crippen LogP contribution in [0.2, 0.25) is 5.02 Å². The van der Waals surface area contributed by atoms with E-state index in [1.54, 1.807) is 0 Å². The topological polar surface area (TPSA) is 49.3 Å². The molecule has 0 saturated heterocycles. The highest BCUT2D eigenvalue weighted by molar-refractivity contribution is 9.10. The van der Waals surface area contributed by atoms with Gasteiger partial charge in [0.1, 0.15) is 0 Å². The van der Waals surface area contributed by atoms with E-state index in [9.17, 15) is 4.79 Å². The number of benzene rings is 2. The molecule has 2 aromatic rings. The minimum absolute atomic E-state index is 0.107. The number of halogens is 2.